The SMILES string of the molecule is COc1cc(Cl)c(C)cc1NC(=O)CCn1c(C)c(C)[nH]c1=O. The third-order valence-corrected chi connectivity index (χ3v) is 4.21. The highest BCUT2D eigenvalue weighted by Crippen LogP contribution is 2.30. The van der Waals surface area contributed by atoms with Crippen LogP contribution in [0.4, 0.5) is 5.69 Å². The number of carbonyl (C=O) groups excluding carboxylic acids is 1. The van der Waals surface area contributed by atoms with Crippen LogP contribution in [0, 0.1) is 20.8 Å². The van der Waals surface area contributed by atoms with Gasteiger partial charge in [0.05, 0.1) is 12.8 Å². The zero-order chi connectivity index (χ0) is 17.1. The summed E-state index contributed by atoms with van der Waals surface area (Å²) in [5.74, 6) is 0.301. The number of imidazole rings is 1. The summed E-state index contributed by atoms with van der Waals surface area (Å²) in [5.41, 5.74) is 2.85. The van der Waals surface area contributed by atoms with Crippen LogP contribution in [0.2, 0.25) is 5.02 Å². The Labute approximate surface area is 139 Å². The van der Waals surface area contributed by atoms with Crippen LogP contribution in [0.1, 0.15) is 23.4 Å². The first kappa shape index (κ1) is 17.1. The van der Waals surface area contributed by atoms with Gasteiger partial charge in [-0.2, -0.15) is 0 Å². The number of ether oxygens (including phenoxy) is 1. The topological polar surface area (TPSA) is 76.1 Å². The van der Waals surface area contributed by atoms with E-state index in [1.807, 2.05) is 20.8 Å². The van der Waals surface area contributed by atoms with Gasteiger partial charge in [-0.3, -0.25) is 9.36 Å². The zero-order valence-electron chi connectivity index (χ0n) is 13.6. The van der Waals surface area contributed by atoms with Gasteiger partial charge in [-0.1, -0.05) is 11.6 Å². The number of carbonyl (C=O) groups is 1. The fraction of sp³-hybridized carbons (Fsp3) is 0.375. The van der Waals surface area contributed by atoms with Crippen LogP contribution in [0.5, 0.6) is 5.75 Å². The summed E-state index contributed by atoms with van der Waals surface area (Å²) >= 11 is 6.05. The molecule has 0 spiro atoms. The van der Waals surface area contributed by atoms with E-state index < -0.39 is 0 Å². The average Bonchev–Trinajstić information content (AvgIpc) is 2.73. The minimum absolute atomic E-state index is 0.183. The van der Waals surface area contributed by atoms with Gasteiger partial charge in [-0.25, -0.2) is 4.79 Å². The van der Waals surface area contributed by atoms with Gasteiger partial charge in [0.25, 0.3) is 0 Å². The molecule has 2 aromatic rings. The Morgan fingerprint density at radius 3 is 2.61 bits per heavy atom. The number of aromatic amines is 1. The lowest BCUT2D eigenvalue weighted by molar-refractivity contribution is -0.116. The zero-order valence-corrected chi connectivity index (χ0v) is 14.4. The van der Waals surface area contributed by atoms with Gasteiger partial charge >= 0.3 is 5.69 Å². The lowest BCUT2D eigenvalue weighted by atomic mass is 10.2. The number of aromatic nitrogens is 2. The van der Waals surface area contributed by atoms with E-state index in [2.05, 4.69) is 10.3 Å². The van der Waals surface area contributed by atoms with Crippen molar-refractivity contribution in [3.8, 4) is 5.75 Å². The Bertz CT molecular complexity index is 793. The van der Waals surface area contributed by atoms with Crippen molar-refractivity contribution in [3.63, 3.8) is 0 Å². The predicted molar refractivity (Wildman–Crippen MR) is 90.5 cm³/mol. The van der Waals surface area contributed by atoms with Crippen molar-refractivity contribution in [3.05, 3.63) is 44.6 Å². The van der Waals surface area contributed by atoms with Gasteiger partial charge < -0.3 is 15.0 Å². The van der Waals surface area contributed by atoms with Gasteiger partial charge in [-0.05, 0) is 32.4 Å². The highest BCUT2D eigenvalue weighted by atomic mass is 35.5. The summed E-state index contributed by atoms with van der Waals surface area (Å²) in [7, 11) is 1.52. The van der Waals surface area contributed by atoms with Crippen LogP contribution < -0.4 is 15.7 Å². The van der Waals surface area contributed by atoms with Crippen molar-refractivity contribution in [2.24, 2.45) is 0 Å². The summed E-state index contributed by atoms with van der Waals surface area (Å²) in [6, 6.07) is 3.42. The first-order valence-corrected chi connectivity index (χ1v) is 7.61. The average molecular weight is 338 g/mol. The largest absolute Gasteiger partial charge is 0.495 e. The number of hydrogen-bond acceptors (Lipinski definition) is 3. The van der Waals surface area contributed by atoms with E-state index in [-0.39, 0.29) is 18.0 Å². The molecule has 0 radical (unpaired) electrons. The molecule has 0 bridgehead atoms. The molecule has 0 saturated carbocycles. The van der Waals surface area contributed by atoms with Gasteiger partial charge in [0.15, 0.2) is 0 Å². The molecule has 1 heterocycles. The highest BCUT2D eigenvalue weighted by Gasteiger charge is 2.12. The number of anilines is 1. The quantitative estimate of drug-likeness (QED) is 0.880. The van der Waals surface area contributed by atoms with Gasteiger partial charge in [0.2, 0.25) is 5.91 Å². The minimum atomic E-state index is -0.201. The summed E-state index contributed by atoms with van der Waals surface area (Å²) in [4.78, 5) is 26.6. The van der Waals surface area contributed by atoms with E-state index in [1.165, 1.54) is 7.11 Å². The molecule has 1 aromatic carbocycles. The molecular formula is C16H20ClN3O3. The molecule has 0 unspecified atom stereocenters. The second-order valence-electron chi connectivity index (χ2n) is 5.39. The maximum absolute atomic E-state index is 12.2. The molecule has 0 saturated heterocycles. The van der Waals surface area contributed by atoms with Gasteiger partial charge in [-0.15, -0.1) is 0 Å². The Kier molecular flexibility index (Phi) is 5.15. The summed E-state index contributed by atoms with van der Waals surface area (Å²) in [6.07, 6.45) is 0.183. The van der Waals surface area contributed by atoms with E-state index in [1.54, 1.807) is 16.7 Å². The molecule has 6 nitrogen and oxygen atoms in total. The first-order chi connectivity index (χ1) is 10.8. The van der Waals surface area contributed by atoms with E-state index in [0.29, 0.717) is 23.0 Å². The summed E-state index contributed by atoms with van der Waals surface area (Å²) in [5, 5.41) is 3.37. The third kappa shape index (κ3) is 3.76. The molecule has 2 N–H and O–H groups in total. The molecule has 0 fully saturated rings. The van der Waals surface area contributed by atoms with E-state index in [4.69, 9.17) is 16.3 Å². The van der Waals surface area contributed by atoms with Crippen molar-refractivity contribution < 1.29 is 9.53 Å². The second-order valence-corrected chi connectivity index (χ2v) is 5.80. The maximum Gasteiger partial charge on any atom is 0.325 e. The van der Waals surface area contributed by atoms with Crippen molar-refractivity contribution in [2.75, 3.05) is 12.4 Å². The number of nitrogens with one attached hydrogen (secondary N) is 2. The molecule has 2 rings (SSSR count). The summed E-state index contributed by atoms with van der Waals surface area (Å²) in [6.45, 7) is 5.84. The monoisotopic (exact) mass is 337 g/mol. The number of methoxy groups -OCH3 is 1. The molecular weight excluding hydrogens is 318 g/mol. The van der Waals surface area contributed by atoms with E-state index >= 15 is 0 Å². The van der Waals surface area contributed by atoms with Crippen molar-refractivity contribution >= 4 is 23.2 Å². The van der Waals surface area contributed by atoms with Crippen LogP contribution in [0.3, 0.4) is 0 Å². The molecule has 0 atom stereocenters. The molecule has 23 heavy (non-hydrogen) atoms. The van der Waals surface area contributed by atoms with Crippen molar-refractivity contribution in [1.82, 2.24) is 9.55 Å². The molecule has 0 aliphatic rings. The Morgan fingerprint density at radius 2 is 2.04 bits per heavy atom. The van der Waals surface area contributed by atoms with Crippen LogP contribution in [-0.4, -0.2) is 22.6 Å². The van der Waals surface area contributed by atoms with Crippen LogP contribution in [-0.2, 0) is 11.3 Å². The van der Waals surface area contributed by atoms with Gasteiger partial charge in [0.1, 0.15) is 5.75 Å². The number of benzene rings is 1. The molecule has 1 aromatic heterocycles. The lowest BCUT2D eigenvalue weighted by Crippen LogP contribution is -2.22. The normalized spacial score (nSPS) is 10.7. The molecule has 124 valence electrons. The second kappa shape index (κ2) is 6.91. The van der Waals surface area contributed by atoms with Crippen LogP contribution in [0.25, 0.3) is 0 Å². The number of H-pyrrole nitrogens is 1. The minimum Gasteiger partial charge on any atom is -0.495 e. The number of halogens is 1. The van der Waals surface area contributed by atoms with Gasteiger partial charge in [0, 0.05) is 35.4 Å². The van der Waals surface area contributed by atoms with E-state index in [9.17, 15) is 9.59 Å². The van der Waals surface area contributed by atoms with E-state index in [0.717, 1.165) is 17.0 Å². The Morgan fingerprint density at radius 1 is 1.35 bits per heavy atom. The fourth-order valence-corrected chi connectivity index (χ4v) is 2.45. The Balaban J connectivity index is 2.08. The van der Waals surface area contributed by atoms with Crippen LogP contribution in [0.15, 0.2) is 16.9 Å². The number of nitrogens with zero attached hydrogens (tertiary/aromatic N) is 1. The van der Waals surface area contributed by atoms with Crippen LogP contribution >= 0.6 is 11.6 Å². The number of aryl methyl sites for hydroxylation is 2. The number of rotatable bonds is 5. The molecule has 0 aliphatic carbocycles. The predicted octanol–water partition coefficient (Wildman–Crippen LogP) is 2.79. The fourth-order valence-electron chi connectivity index (χ4n) is 2.30. The standard InChI is InChI=1S/C16H20ClN3O3/c1-9-7-13(14(23-4)8-12(9)17)19-15(21)5-6-20-11(3)10(2)18-16(20)22/h7-8H,5-6H2,1-4H3,(H,18,22)(H,19,21). The third-order valence-electron chi connectivity index (χ3n) is 3.80. The first-order valence-electron chi connectivity index (χ1n) is 7.23. The number of hydrogen-bond donors (Lipinski definition) is 2. The lowest BCUT2D eigenvalue weighted by Gasteiger charge is -2.12. The Hall–Kier alpha value is -2.21. The van der Waals surface area contributed by atoms with Crippen molar-refractivity contribution in [2.45, 2.75) is 33.7 Å². The number of amides is 1. The highest BCUT2D eigenvalue weighted by molar-refractivity contribution is 6.31. The van der Waals surface area contributed by atoms with Crippen molar-refractivity contribution in [1.29, 1.82) is 0 Å². The summed E-state index contributed by atoms with van der Waals surface area (Å²) < 4.78 is 6.78. The molecule has 1 amide bonds. The maximum atomic E-state index is 12.2. The smallest absolute Gasteiger partial charge is 0.325 e. The molecule has 0 aliphatic heterocycles. The molecule has 7 heteroatoms.